The van der Waals surface area contributed by atoms with Crippen LogP contribution < -0.4 is 14.8 Å². The fraction of sp³-hybridized carbons (Fsp3) is 0.0625. The van der Waals surface area contributed by atoms with E-state index in [0.29, 0.717) is 17.1 Å². The molecule has 0 amide bonds. The predicted molar refractivity (Wildman–Crippen MR) is 83.8 cm³/mol. The lowest BCUT2D eigenvalue weighted by Gasteiger charge is -2.01. The molecule has 1 N–H and O–H groups in total. The van der Waals surface area contributed by atoms with E-state index in [9.17, 15) is 4.79 Å². The maximum Gasteiger partial charge on any atom is 0.231 e. The molecule has 0 saturated heterocycles. The van der Waals surface area contributed by atoms with Gasteiger partial charge < -0.3 is 14.8 Å². The monoisotopic (exact) mass is 345 g/mol. The lowest BCUT2D eigenvalue weighted by Crippen LogP contribution is -1.96. The first-order chi connectivity index (χ1) is 10.2. The predicted octanol–water partition coefficient (Wildman–Crippen LogP) is 3.99. The van der Waals surface area contributed by atoms with Gasteiger partial charge in [0.1, 0.15) is 0 Å². The van der Waals surface area contributed by atoms with Gasteiger partial charge in [-0.25, -0.2) is 0 Å². The highest BCUT2D eigenvalue weighted by Crippen LogP contribution is 2.32. The first kappa shape index (κ1) is 13.7. The molecule has 0 atom stereocenters. The van der Waals surface area contributed by atoms with Gasteiger partial charge in [-0.3, -0.25) is 4.79 Å². The molecule has 5 heteroatoms. The lowest BCUT2D eigenvalue weighted by molar-refractivity contribution is 0.104. The van der Waals surface area contributed by atoms with Gasteiger partial charge in [-0.15, -0.1) is 0 Å². The second-order valence-electron chi connectivity index (χ2n) is 4.42. The number of rotatable bonds is 4. The minimum Gasteiger partial charge on any atom is -0.454 e. The molecule has 0 bridgehead atoms. The van der Waals surface area contributed by atoms with Crippen molar-refractivity contribution in [3.05, 3.63) is 64.8 Å². The Labute approximate surface area is 130 Å². The van der Waals surface area contributed by atoms with E-state index in [0.717, 1.165) is 10.2 Å². The molecule has 1 aliphatic rings. The van der Waals surface area contributed by atoms with Crippen LogP contribution in [0, 0.1) is 0 Å². The lowest BCUT2D eigenvalue weighted by atomic mass is 10.1. The minimum atomic E-state index is -0.101. The Kier molecular flexibility index (Phi) is 3.92. The highest BCUT2D eigenvalue weighted by molar-refractivity contribution is 9.10. The van der Waals surface area contributed by atoms with Crippen LogP contribution in [0.15, 0.2) is 59.2 Å². The molecule has 0 saturated carbocycles. The summed E-state index contributed by atoms with van der Waals surface area (Å²) in [6, 6.07) is 12.8. The quantitative estimate of drug-likeness (QED) is 0.672. The van der Waals surface area contributed by atoms with E-state index in [4.69, 9.17) is 9.47 Å². The van der Waals surface area contributed by atoms with Crippen LogP contribution in [0.1, 0.15) is 10.4 Å². The van der Waals surface area contributed by atoms with Crippen molar-refractivity contribution in [3.63, 3.8) is 0 Å². The summed E-state index contributed by atoms with van der Waals surface area (Å²) < 4.78 is 11.4. The molecule has 0 aliphatic carbocycles. The van der Waals surface area contributed by atoms with Gasteiger partial charge in [0.2, 0.25) is 6.79 Å². The van der Waals surface area contributed by atoms with Crippen molar-refractivity contribution in [3.8, 4) is 11.5 Å². The number of carbonyl (C=O) groups excluding carboxylic acids is 1. The molecule has 0 fully saturated rings. The second-order valence-corrected chi connectivity index (χ2v) is 5.34. The number of allylic oxidation sites excluding steroid dienone is 1. The highest BCUT2D eigenvalue weighted by atomic mass is 79.9. The summed E-state index contributed by atoms with van der Waals surface area (Å²) in [7, 11) is 0. The van der Waals surface area contributed by atoms with Gasteiger partial charge in [-0.05, 0) is 36.4 Å². The third kappa shape index (κ3) is 3.25. The molecule has 0 unspecified atom stereocenters. The van der Waals surface area contributed by atoms with E-state index in [2.05, 4.69) is 21.2 Å². The fourth-order valence-electron chi connectivity index (χ4n) is 1.94. The van der Waals surface area contributed by atoms with E-state index < -0.39 is 0 Å². The standard InChI is InChI=1S/C16H12BrNO3/c17-12-2-1-3-13(9-12)18-7-6-14(19)11-4-5-15-16(8-11)21-10-20-15/h1-9,18H,10H2. The smallest absolute Gasteiger partial charge is 0.231 e. The van der Waals surface area contributed by atoms with Crippen LogP contribution in [0.5, 0.6) is 11.5 Å². The summed E-state index contributed by atoms with van der Waals surface area (Å²) in [5.41, 5.74) is 1.46. The van der Waals surface area contributed by atoms with Crippen molar-refractivity contribution in [2.24, 2.45) is 0 Å². The normalized spacial score (nSPS) is 12.6. The van der Waals surface area contributed by atoms with Crippen LogP contribution in [0.4, 0.5) is 5.69 Å². The van der Waals surface area contributed by atoms with Gasteiger partial charge in [0, 0.05) is 28.0 Å². The number of ketones is 1. The van der Waals surface area contributed by atoms with Gasteiger partial charge in [-0.2, -0.15) is 0 Å². The van der Waals surface area contributed by atoms with E-state index in [-0.39, 0.29) is 12.6 Å². The first-order valence-electron chi connectivity index (χ1n) is 6.35. The molecule has 1 aliphatic heterocycles. The number of ether oxygens (including phenoxy) is 2. The molecule has 106 valence electrons. The number of hydrogen-bond acceptors (Lipinski definition) is 4. The molecule has 2 aromatic carbocycles. The summed E-state index contributed by atoms with van der Waals surface area (Å²) in [4.78, 5) is 12.1. The van der Waals surface area contributed by atoms with E-state index in [1.165, 1.54) is 6.08 Å². The van der Waals surface area contributed by atoms with Crippen molar-refractivity contribution in [2.75, 3.05) is 12.1 Å². The van der Waals surface area contributed by atoms with Crippen LogP contribution in [-0.2, 0) is 0 Å². The average molecular weight is 346 g/mol. The maximum atomic E-state index is 12.1. The van der Waals surface area contributed by atoms with Gasteiger partial charge in [-0.1, -0.05) is 22.0 Å². The molecular formula is C16H12BrNO3. The molecular weight excluding hydrogens is 334 g/mol. The number of halogens is 1. The SMILES string of the molecule is O=C(C=CNc1cccc(Br)c1)c1ccc2c(c1)OCO2. The van der Waals surface area contributed by atoms with Crippen LogP contribution in [0.2, 0.25) is 0 Å². The second kappa shape index (κ2) is 6.01. The summed E-state index contributed by atoms with van der Waals surface area (Å²) in [6.07, 6.45) is 3.10. The molecule has 2 aromatic rings. The Morgan fingerprint density at radius 1 is 1.14 bits per heavy atom. The third-order valence-corrected chi connectivity index (χ3v) is 3.46. The number of nitrogens with one attached hydrogen (secondary N) is 1. The fourth-order valence-corrected chi connectivity index (χ4v) is 2.34. The van der Waals surface area contributed by atoms with E-state index >= 15 is 0 Å². The van der Waals surface area contributed by atoms with Gasteiger partial charge in [0.25, 0.3) is 0 Å². The Morgan fingerprint density at radius 3 is 2.86 bits per heavy atom. The number of fused-ring (bicyclic) bond motifs is 1. The summed E-state index contributed by atoms with van der Waals surface area (Å²) in [6.45, 7) is 0.202. The Morgan fingerprint density at radius 2 is 2.00 bits per heavy atom. The number of carbonyl (C=O) groups is 1. The van der Waals surface area contributed by atoms with Crippen molar-refractivity contribution >= 4 is 27.4 Å². The van der Waals surface area contributed by atoms with Crippen LogP contribution in [0.3, 0.4) is 0 Å². The summed E-state index contributed by atoms with van der Waals surface area (Å²) in [5.74, 6) is 1.17. The van der Waals surface area contributed by atoms with E-state index in [1.54, 1.807) is 24.4 Å². The Hall–Kier alpha value is -2.27. The first-order valence-corrected chi connectivity index (χ1v) is 7.14. The topological polar surface area (TPSA) is 47.6 Å². The van der Waals surface area contributed by atoms with Gasteiger partial charge in [0.15, 0.2) is 17.3 Å². The van der Waals surface area contributed by atoms with Gasteiger partial charge >= 0.3 is 0 Å². The minimum absolute atomic E-state index is 0.101. The molecule has 21 heavy (non-hydrogen) atoms. The van der Waals surface area contributed by atoms with Gasteiger partial charge in [0.05, 0.1) is 0 Å². The van der Waals surface area contributed by atoms with Crippen LogP contribution in [0.25, 0.3) is 0 Å². The van der Waals surface area contributed by atoms with Crippen molar-refractivity contribution in [2.45, 2.75) is 0 Å². The zero-order chi connectivity index (χ0) is 14.7. The number of hydrogen-bond donors (Lipinski definition) is 1. The van der Waals surface area contributed by atoms with Crippen LogP contribution >= 0.6 is 15.9 Å². The zero-order valence-electron chi connectivity index (χ0n) is 11.0. The molecule has 0 aromatic heterocycles. The maximum absolute atomic E-state index is 12.1. The highest BCUT2D eigenvalue weighted by Gasteiger charge is 2.14. The molecule has 3 rings (SSSR count). The Balaban J connectivity index is 1.67. The third-order valence-electron chi connectivity index (χ3n) is 2.97. The number of benzene rings is 2. The summed E-state index contributed by atoms with van der Waals surface area (Å²) >= 11 is 3.39. The molecule has 4 nitrogen and oxygen atoms in total. The summed E-state index contributed by atoms with van der Waals surface area (Å²) in [5, 5.41) is 3.05. The molecule has 1 heterocycles. The van der Waals surface area contributed by atoms with E-state index in [1.807, 2.05) is 24.3 Å². The van der Waals surface area contributed by atoms with Crippen molar-refractivity contribution in [1.29, 1.82) is 0 Å². The molecule has 0 radical (unpaired) electrons. The average Bonchev–Trinajstić information content (AvgIpc) is 2.94. The largest absolute Gasteiger partial charge is 0.454 e. The van der Waals surface area contributed by atoms with Crippen LogP contribution in [-0.4, -0.2) is 12.6 Å². The van der Waals surface area contributed by atoms with Crippen molar-refractivity contribution < 1.29 is 14.3 Å². The molecule has 0 spiro atoms. The zero-order valence-corrected chi connectivity index (χ0v) is 12.6. The Bertz CT molecular complexity index is 712. The number of anilines is 1. The van der Waals surface area contributed by atoms with Crippen molar-refractivity contribution in [1.82, 2.24) is 0 Å².